The molecule has 0 radical (unpaired) electrons. The van der Waals surface area contributed by atoms with E-state index in [9.17, 15) is 0 Å². The minimum Gasteiger partial charge on any atom is -0.698 e. The Labute approximate surface area is 373 Å². The smallest absolute Gasteiger partial charge is 0.698 e. The fourth-order valence-electron chi connectivity index (χ4n) is 6.43. The van der Waals surface area contributed by atoms with Crippen molar-refractivity contribution < 1.29 is 14.2 Å². The Morgan fingerprint density at radius 2 is 0.696 bits per heavy atom. The molecule has 0 aromatic heterocycles. The molecule has 302 valence electrons. The fourth-order valence-corrected chi connectivity index (χ4v) is 8.44. The van der Waals surface area contributed by atoms with Crippen LogP contribution in [0.15, 0.2) is 97.1 Å². The SMILES string of the molecule is C1CCOC1.C1CCOC1.C1CCOC1.CC(C)c1cccc(C(C)C)c1[N-][SiH]([N-]c1c(C(C)C)cccc1C(C)C)c1ccccc1.Cc1ccccc1.[Ca+2]. The molecule has 0 spiro atoms. The van der Waals surface area contributed by atoms with Crippen LogP contribution in [0.2, 0.25) is 0 Å². The largest absolute Gasteiger partial charge is 2.00 e. The zero-order chi connectivity index (χ0) is 39.8. The first-order chi connectivity index (χ1) is 26.6. The summed E-state index contributed by atoms with van der Waals surface area (Å²) in [7, 11) is -2.07. The van der Waals surface area contributed by atoms with Gasteiger partial charge in [-0.3, -0.25) is 0 Å². The van der Waals surface area contributed by atoms with E-state index in [1.165, 1.54) is 82.9 Å². The van der Waals surface area contributed by atoms with Crippen LogP contribution in [0.25, 0.3) is 9.96 Å². The molecule has 7 rings (SSSR count). The van der Waals surface area contributed by atoms with E-state index < -0.39 is 9.12 Å². The summed E-state index contributed by atoms with van der Waals surface area (Å²) in [6.45, 7) is 26.2. The zero-order valence-corrected chi connectivity index (χ0v) is 39.8. The van der Waals surface area contributed by atoms with Crippen molar-refractivity contribution in [3.8, 4) is 0 Å². The summed E-state index contributed by atoms with van der Waals surface area (Å²) < 4.78 is 14.8. The number of ether oxygens (including phenoxy) is 3. The van der Waals surface area contributed by atoms with E-state index in [-0.39, 0.29) is 37.7 Å². The van der Waals surface area contributed by atoms with Gasteiger partial charge in [-0.2, -0.15) is 0 Å². The second kappa shape index (κ2) is 29.1. The first-order valence-corrected chi connectivity index (χ1v) is 22.7. The molecule has 4 aromatic rings. The van der Waals surface area contributed by atoms with Gasteiger partial charge in [0.15, 0.2) is 0 Å². The molecule has 0 saturated carbocycles. The van der Waals surface area contributed by atoms with Crippen molar-refractivity contribution in [3.63, 3.8) is 0 Å². The molecule has 0 aliphatic carbocycles. The van der Waals surface area contributed by atoms with Crippen LogP contribution >= 0.6 is 0 Å². The number of aryl methyl sites for hydroxylation is 1. The molecule has 3 aliphatic heterocycles. The van der Waals surface area contributed by atoms with E-state index in [2.05, 4.69) is 141 Å². The first-order valence-electron chi connectivity index (χ1n) is 21.1. The molecule has 7 heteroatoms. The number of rotatable bonds is 9. The predicted octanol–water partition coefficient (Wildman–Crippen LogP) is 13.0. The molecule has 0 atom stereocenters. The molecular formula is C49H72CaN2O3Si. The van der Waals surface area contributed by atoms with Gasteiger partial charge in [-0.1, -0.05) is 180 Å². The zero-order valence-electron chi connectivity index (χ0n) is 36.4. The van der Waals surface area contributed by atoms with Gasteiger partial charge in [-0.25, -0.2) is 0 Å². The van der Waals surface area contributed by atoms with Gasteiger partial charge in [-0.15, -0.1) is 25.7 Å². The molecule has 0 unspecified atom stereocenters. The van der Waals surface area contributed by atoms with Crippen LogP contribution in [0.4, 0.5) is 11.4 Å². The molecule has 4 aromatic carbocycles. The minimum atomic E-state index is -2.07. The van der Waals surface area contributed by atoms with Gasteiger partial charge >= 0.3 is 37.7 Å². The van der Waals surface area contributed by atoms with Gasteiger partial charge in [-0.05, 0) is 69.1 Å². The Kier molecular flexibility index (Phi) is 26.0. The number of hydrogen-bond donors (Lipinski definition) is 0. The molecule has 56 heavy (non-hydrogen) atoms. The molecule has 3 fully saturated rings. The van der Waals surface area contributed by atoms with Crippen molar-refractivity contribution in [3.05, 3.63) is 135 Å². The Hall–Kier alpha value is -2.16. The molecule has 5 nitrogen and oxygen atoms in total. The third-order valence-electron chi connectivity index (χ3n) is 9.71. The van der Waals surface area contributed by atoms with Gasteiger partial charge in [0.25, 0.3) is 0 Å². The Morgan fingerprint density at radius 3 is 0.911 bits per heavy atom. The van der Waals surface area contributed by atoms with Crippen LogP contribution < -0.4 is 5.19 Å². The maximum atomic E-state index is 5.54. The normalized spacial score (nSPS) is 14.5. The molecule has 0 bridgehead atoms. The molecule has 3 saturated heterocycles. The number of para-hydroxylation sites is 2. The van der Waals surface area contributed by atoms with E-state index in [1.807, 2.05) is 18.2 Å². The van der Waals surface area contributed by atoms with Crippen molar-refractivity contribution in [1.29, 1.82) is 0 Å². The van der Waals surface area contributed by atoms with E-state index in [1.54, 1.807) is 0 Å². The molecular weight excluding hydrogens is 733 g/mol. The van der Waals surface area contributed by atoms with E-state index >= 15 is 0 Å². The van der Waals surface area contributed by atoms with E-state index in [0.717, 1.165) is 39.6 Å². The number of hydrogen-bond acceptors (Lipinski definition) is 3. The summed E-state index contributed by atoms with van der Waals surface area (Å²) in [5.41, 5.74) is 8.96. The predicted molar refractivity (Wildman–Crippen MR) is 246 cm³/mol. The first kappa shape index (κ1) is 50.0. The van der Waals surface area contributed by atoms with Crippen LogP contribution in [0.3, 0.4) is 0 Å². The molecule has 0 N–H and O–H groups in total. The van der Waals surface area contributed by atoms with Gasteiger partial charge in [0.2, 0.25) is 0 Å². The molecule has 3 heterocycles. The van der Waals surface area contributed by atoms with Gasteiger partial charge < -0.3 is 24.2 Å². The van der Waals surface area contributed by atoms with Gasteiger partial charge in [0.05, 0.1) is 0 Å². The second-order valence-electron chi connectivity index (χ2n) is 15.8. The molecule has 3 aliphatic rings. The van der Waals surface area contributed by atoms with Crippen molar-refractivity contribution in [2.45, 2.75) is 125 Å². The maximum Gasteiger partial charge on any atom is 2.00 e. The number of benzene rings is 4. The summed E-state index contributed by atoms with van der Waals surface area (Å²) in [4.78, 5) is 11.1. The Bertz CT molecular complexity index is 1410. The standard InChI is InChI=1S/C30H40N2Si.C7H8.3C4H8O.Ca/c1-20(2)25-16-12-17-26(21(3)4)29(25)31-33(24-14-10-9-11-15-24)32-30-27(22(5)6)18-13-19-28(30)23(7)8;1-7-5-3-2-4-6-7;3*1-2-4-5-3-1;/h9-23,33H,1-8H3;2-6H,1H3;3*1-4H2;/q-2;;;;;+2. The van der Waals surface area contributed by atoms with Crippen LogP contribution in [0.1, 0.15) is 145 Å². The third-order valence-corrected chi connectivity index (χ3v) is 11.7. The van der Waals surface area contributed by atoms with Crippen molar-refractivity contribution in [1.82, 2.24) is 0 Å². The average molecular weight is 805 g/mol. The summed E-state index contributed by atoms with van der Waals surface area (Å²) in [5.74, 6) is 1.67. The molecule has 0 amide bonds. The topological polar surface area (TPSA) is 55.9 Å². The summed E-state index contributed by atoms with van der Waals surface area (Å²) in [5, 5.41) is 1.26. The van der Waals surface area contributed by atoms with Crippen molar-refractivity contribution in [2.75, 3.05) is 39.6 Å². The van der Waals surface area contributed by atoms with Crippen LogP contribution in [-0.4, -0.2) is 86.5 Å². The Morgan fingerprint density at radius 1 is 0.411 bits per heavy atom. The maximum absolute atomic E-state index is 5.54. The average Bonchev–Trinajstić information content (AvgIpc) is 4.04. The third kappa shape index (κ3) is 18.6. The van der Waals surface area contributed by atoms with E-state index in [0.29, 0.717) is 23.7 Å². The van der Waals surface area contributed by atoms with Crippen molar-refractivity contribution in [2.24, 2.45) is 0 Å². The monoisotopic (exact) mass is 804 g/mol. The second-order valence-corrected chi connectivity index (χ2v) is 17.8. The van der Waals surface area contributed by atoms with Crippen LogP contribution in [-0.2, 0) is 14.2 Å². The van der Waals surface area contributed by atoms with Crippen molar-refractivity contribution >= 4 is 63.4 Å². The number of nitrogens with zero attached hydrogens (tertiary/aromatic N) is 2. The van der Waals surface area contributed by atoms with Gasteiger partial charge in [0, 0.05) is 39.6 Å². The summed E-state index contributed by atoms with van der Waals surface area (Å²) in [6.07, 6.45) is 7.67. The summed E-state index contributed by atoms with van der Waals surface area (Å²) >= 11 is 0. The van der Waals surface area contributed by atoms with Gasteiger partial charge in [0.1, 0.15) is 0 Å². The van der Waals surface area contributed by atoms with Crippen LogP contribution in [0, 0.1) is 6.92 Å². The summed E-state index contributed by atoms with van der Waals surface area (Å²) in [6, 6.07) is 34.4. The minimum absolute atomic E-state index is 0. The van der Waals surface area contributed by atoms with Crippen LogP contribution in [0.5, 0.6) is 0 Å². The van der Waals surface area contributed by atoms with E-state index in [4.69, 9.17) is 24.2 Å². The Balaban J connectivity index is 0.000000372. The quantitative estimate of drug-likeness (QED) is 0.158. The fraction of sp³-hybridized carbons (Fsp3) is 0.510.